The normalized spacial score (nSPS) is 32.0. The van der Waals surface area contributed by atoms with Gasteiger partial charge in [-0.1, -0.05) is 32.3 Å². The van der Waals surface area contributed by atoms with Gasteiger partial charge in [-0.15, -0.1) is 11.6 Å². The first kappa shape index (κ1) is 23.8. The molecule has 6 atom stereocenters. The Morgan fingerprint density at radius 3 is 2.68 bits per heavy atom. The first-order chi connectivity index (χ1) is 13.4. The third-order valence-electron chi connectivity index (χ3n) is 6.44. The molecule has 1 saturated carbocycles. The molecule has 0 bridgehead atoms. The molecule has 0 amide bonds. The van der Waals surface area contributed by atoms with E-state index in [9.17, 15) is 15.0 Å². The lowest BCUT2D eigenvalue weighted by Gasteiger charge is -2.27. The number of ether oxygens (including phenoxy) is 1. The first-order valence-corrected chi connectivity index (χ1v) is 11.4. The monoisotopic (exact) mass is 416 g/mol. The van der Waals surface area contributed by atoms with E-state index in [1.54, 1.807) is 6.08 Å². The summed E-state index contributed by atoms with van der Waals surface area (Å²) in [5.41, 5.74) is -0.784. The molecule has 1 heterocycles. The summed E-state index contributed by atoms with van der Waals surface area (Å²) in [5, 5.41) is 29.8. The first-order valence-electron chi connectivity index (χ1n) is 10.8. The zero-order chi connectivity index (χ0) is 20.6. The number of allylic oxidation sites excluding steroid dienone is 1. The van der Waals surface area contributed by atoms with Gasteiger partial charge in [-0.3, -0.25) is 4.79 Å². The molecular formula is C22H37ClO5. The maximum Gasteiger partial charge on any atom is 0.180 e. The van der Waals surface area contributed by atoms with E-state index in [0.717, 1.165) is 51.4 Å². The van der Waals surface area contributed by atoms with Gasteiger partial charge in [0.1, 0.15) is 6.61 Å². The average molecular weight is 417 g/mol. The van der Waals surface area contributed by atoms with Crippen LogP contribution < -0.4 is 0 Å². The number of rotatable bonds is 13. The molecule has 0 radical (unpaired) electrons. The number of fused-ring (bicyclic) bond motifs is 1. The number of hydrogen-bond donors (Lipinski definition) is 3. The fourth-order valence-electron chi connectivity index (χ4n) is 4.81. The molecule has 6 heteroatoms. The van der Waals surface area contributed by atoms with Crippen molar-refractivity contribution >= 4 is 17.4 Å². The van der Waals surface area contributed by atoms with Crippen molar-refractivity contribution in [1.82, 2.24) is 0 Å². The van der Waals surface area contributed by atoms with Gasteiger partial charge >= 0.3 is 0 Å². The van der Waals surface area contributed by atoms with E-state index in [1.165, 1.54) is 6.08 Å². The van der Waals surface area contributed by atoms with E-state index >= 15 is 0 Å². The summed E-state index contributed by atoms with van der Waals surface area (Å²) in [6.45, 7) is 1.66. The van der Waals surface area contributed by atoms with Gasteiger partial charge in [0.25, 0.3) is 0 Å². The SMILES string of the molecule is CCCCC(O)(CCl)CCC[C@@H]1[C@H]2CC(CCC=CC(=O)CO)O[C@H]2C[C@H]1O. The molecule has 2 unspecified atom stereocenters. The highest BCUT2D eigenvalue weighted by molar-refractivity contribution is 6.18. The van der Waals surface area contributed by atoms with Crippen molar-refractivity contribution in [3.8, 4) is 0 Å². The standard InChI is InChI=1S/C22H37ClO5/c1-2-3-10-22(27,15-23)11-6-9-18-19-12-17(28-21(19)13-20(18)26)8-5-4-7-16(25)14-24/h4,7,17-21,24,26-27H,2-3,5-6,8-15H2,1H3/t17?,18-,19-,20-,21+,22?/m1/s1. The minimum absolute atomic E-state index is 0.125. The maximum atomic E-state index is 11.1. The number of unbranched alkanes of at least 4 members (excludes halogenated alkanes) is 1. The largest absolute Gasteiger partial charge is 0.393 e. The smallest absolute Gasteiger partial charge is 0.180 e. The minimum atomic E-state index is -0.784. The Morgan fingerprint density at radius 1 is 1.25 bits per heavy atom. The maximum absolute atomic E-state index is 11.1. The van der Waals surface area contributed by atoms with Crippen molar-refractivity contribution in [1.29, 1.82) is 0 Å². The number of hydrogen-bond acceptors (Lipinski definition) is 5. The van der Waals surface area contributed by atoms with E-state index in [-0.39, 0.29) is 35.9 Å². The fraction of sp³-hybridized carbons (Fsp3) is 0.864. The number of ketones is 1. The van der Waals surface area contributed by atoms with Gasteiger partial charge in [-0.2, -0.15) is 0 Å². The van der Waals surface area contributed by atoms with Crippen molar-refractivity contribution in [2.24, 2.45) is 11.8 Å². The number of carbonyl (C=O) groups is 1. The molecule has 1 aliphatic heterocycles. The molecule has 0 spiro atoms. The van der Waals surface area contributed by atoms with Crippen LogP contribution in [0.1, 0.15) is 71.1 Å². The zero-order valence-electron chi connectivity index (χ0n) is 17.1. The Morgan fingerprint density at radius 2 is 2.00 bits per heavy atom. The van der Waals surface area contributed by atoms with Crippen LogP contribution >= 0.6 is 11.6 Å². The molecule has 2 fully saturated rings. The molecule has 162 valence electrons. The molecular weight excluding hydrogens is 380 g/mol. The predicted molar refractivity (Wildman–Crippen MR) is 110 cm³/mol. The second-order valence-corrected chi connectivity index (χ2v) is 8.89. The minimum Gasteiger partial charge on any atom is -0.393 e. The van der Waals surface area contributed by atoms with Crippen LogP contribution in [0.25, 0.3) is 0 Å². The van der Waals surface area contributed by atoms with Crippen LogP contribution in [-0.4, -0.2) is 57.5 Å². The molecule has 5 nitrogen and oxygen atoms in total. The summed E-state index contributed by atoms with van der Waals surface area (Å²) in [4.78, 5) is 11.1. The average Bonchev–Trinajstić information content (AvgIpc) is 3.20. The second-order valence-electron chi connectivity index (χ2n) is 8.62. The Labute approximate surface area is 174 Å². The Hall–Kier alpha value is -0.460. The van der Waals surface area contributed by atoms with Crippen LogP contribution in [0.2, 0.25) is 0 Å². The van der Waals surface area contributed by atoms with E-state index in [1.807, 2.05) is 0 Å². The van der Waals surface area contributed by atoms with Gasteiger partial charge in [0.15, 0.2) is 5.78 Å². The van der Waals surface area contributed by atoms with Crippen molar-refractivity contribution in [2.45, 2.75) is 95.0 Å². The van der Waals surface area contributed by atoms with Crippen molar-refractivity contribution in [3.63, 3.8) is 0 Å². The number of alkyl halides is 1. The summed E-state index contributed by atoms with van der Waals surface area (Å²) < 4.78 is 6.14. The molecule has 2 rings (SSSR count). The van der Waals surface area contributed by atoms with Gasteiger partial charge in [0, 0.05) is 6.42 Å². The van der Waals surface area contributed by atoms with E-state index in [0.29, 0.717) is 18.8 Å². The van der Waals surface area contributed by atoms with Gasteiger partial charge in [0.05, 0.1) is 29.8 Å². The van der Waals surface area contributed by atoms with Crippen LogP contribution in [0.15, 0.2) is 12.2 Å². The highest BCUT2D eigenvalue weighted by atomic mass is 35.5. The van der Waals surface area contributed by atoms with Crippen LogP contribution in [-0.2, 0) is 9.53 Å². The number of halogens is 1. The molecule has 3 N–H and O–H groups in total. The zero-order valence-corrected chi connectivity index (χ0v) is 17.8. The lowest BCUT2D eigenvalue weighted by atomic mass is 9.84. The van der Waals surface area contributed by atoms with Crippen LogP contribution in [0.4, 0.5) is 0 Å². The van der Waals surface area contributed by atoms with Crippen molar-refractivity contribution in [2.75, 3.05) is 12.5 Å². The molecule has 2 aliphatic rings. The third kappa shape index (κ3) is 6.81. The Kier molecular flexibility index (Phi) is 9.91. The van der Waals surface area contributed by atoms with E-state index in [4.69, 9.17) is 21.4 Å². The highest BCUT2D eigenvalue weighted by Crippen LogP contribution is 2.46. The molecule has 1 aliphatic carbocycles. The van der Waals surface area contributed by atoms with Gasteiger partial charge in [0.2, 0.25) is 0 Å². The second kappa shape index (κ2) is 11.7. The fourth-order valence-corrected chi connectivity index (χ4v) is 5.08. The number of carbonyl (C=O) groups excluding carboxylic acids is 1. The quantitative estimate of drug-likeness (QED) is 0.316. The molecule has 0 aromatic carbocycles. The highest BCUT2D eigenvalue weighted by Gasteiger charge is 2.48. The van der Waals surface area contributed by atoms with Crippen LogP contribution in [0, 0.1) is 11.8 Å². The van der Waals surface area contributed by atoms with Crippen LogP contribution in [0.5, 0.6) is 0 Å². The summed E-state index contributed by atoms with van der Waals surface area (Å²) in [6, 6.07) is 0. The lowest BCUT2D eigenvalue weighted by Crippen LogP contribution is -2.31. The van der Waals surface area contributed by atoms with Crippen LogP contribution in [0.3, 0.4) is 0 Å². The number of aliphatic hydroxyl groups excluding tert-OH is 2. The van der Waals surface area contributed by atoms with Gasteiger partial charge in [-0.25, -0.2) is 0 Å². The summed E-state index contributed by atoms with van der Waals surface area (Å²) in [6.07, 6.45) is 11.7. The molecule has 1 saturated heterocycles. The van der Waals surface area contributed by atoms with Crippen molar-refractivity contribution in [3.05, 3.63) is 12.2 Å². The molecule has 28 heavy (non-hydrogen) atoms. The third-order valence-corrected chi connectivity index (χ3v) is 6.93. The summed E-state index contributed by atoms with van der Waals surface area (Å²) in [5.74, 6) is 0.599. The van der Waals surface area contributed by atoms with E-state index < -0.39 is 12.2 Å². The van der Waals surface area contributed by atoms with E-state index in [2.05, 4.69) is 6.92 Å². The predicted octanol–water partition coefficient (Wildman–Crippen LogP) is 3.37. The van der Waals surface area contributed by atoms with Gasteiger partial charge in [-0.05, 0) is 56.4 Å². The topological polar surface area (TPSA) is 87.0 Å². The lowest BCUT2D eigenvalue weighted by molar-refractivity contribution is -0.117. The Balaban J connectivity index is 1.77. The Bertz CT molecular complexity index is 511. The van der Waals surface area contributed by atoms with Crippen molar-refractivity contribution < 1.29 is 24.9 Å². The molecule has 0 aromatic heterocycles. The summed E-state index contributed by atoms with van der Waals surface area (Å²) >= 11 is 6.01. The van der Waals surface area contributed by atoms with Gasteiger partial charge < -0.3 is 20.1 Å². The molecule has 0 aromatic rings. The summed E-state index contributed by atoms with van der Waals surface area (Å²) in [7, 11) is 0. The number of aliphatic hydroxyl groups is 3.